The molecule has 5 nitrogen and oxygen atoms in total. The maximum atomic E-state index is 13.7. The molecule has 0 saturated carbocycles. The molecule has 0 aliphatic heterocycles. The lowest BCUT2D eigenvalue weighted by atomic mass is 10.1. The zero-order chi connectivity index (χ0) is 17.2. The molecule has 0 fully saturated rings. The highest BCUT2D eigenvalue weighted by molar-refractivity contribution is 14.0. The normalized spacial score (nSPS) is 12.2. The number of benzene rings is 1. The molecule has 7 heteroatoms. The lowest BCUT2D eigenvalue weighted by molar-refractivity contribution is 0.182. The van der Waals surface area contributed by atoms with Gasteiger partial charge in [-0.2, -0.15) is 0 Å². The van der Waals surface area contributed by atoms with E-state index in [1.807, 2.05) is 25.1 Å². The molecular formula is C18H24FIN4O. The fraction of sp³-hybridized carbons (Fsp3) is 0.333. The fourth-order valence-electron chi connectivity index (χ4n) is 2.22. The van der Waals surface area contributed by atoms with Gasteiger partial charge in [-0.05, 0) is 25.1 Å². The monoisotopic (exact) mass is 458 g/mol. The Morgan fingerprint density at radius 3 is 2.64 bits per heavy atom. The van der Waals surface area contributed by atoms with Crippen LogP contribution in [0.1, 0.15) is 24.3 Å². The molecule has 1 atom stereocenters. The number of guanidine groups is 1. The number of hydrogen-bond donors (Lipinski definition) is 3. The summed E-state index contributed by atoms with van der Waals surface area (Å²) in [5.41, 5.74) is 1.25. The van der Waals surface area contributed by atoms with Crippen LogP contribution in [0.3, 0.4) is 0 Å². The van der Waals surface area contributed by atoms with Crippen LogP contribution < -0.4 is 10.6 Å². The Morgan fingerprint density at radius 2 is 1.96 bits per heavy atom. The van der Waals surface area contributed by atoms with Crippen LogP contribution in [0.5, 0.6) is 0 Å². The lowest BCUT2D eigenvalue weighted by Gasteiger charge is -2.13. The predicted octanol–water partition coefficient (Wildman–Crippen LogP) is 2.67. The summed E-state index contributed by atoms with van der Waals surface area (Å²) in [6.45, 7) is 3.41. The molecule has 25 heavy (non-hydrogen) atoms. The first-order valence-electron chi connectivity index (χ1n) is 8.05. The standard InChI is InChI=1S/C18H23FN4O.HI/c1-2-20-18(22-12-10-14-7-5-6-11-21-14)23-13-17(24)15-8-3-4-9-16(15)19;/h3-9,11,17,24H,2,10,12-13H2,1H3,(H2,20,22,23);1H. The first-order valence-corrected chi connectivity index (χ1v) is 8.05. The van der Waals surface area contributed by atoms with E-state index in [0.717, 1.165) is 12.1 Å². The highest BCUT2D eigenvalue weighted by Gasteiger charge is 2.11. The van der Waals surface area contributed by atoms with Crippen LogP contribution in [0, 0.1) is 5.82 Å². The summed E-state index contributed by atoms with van der Waals surface area (Å²) in [4.78, 5) is 8.58. The molecule has 0 bridgehead atoms. The zero-order valence-electron chi connectivity index (χ0n) is 14.2. The molecule has 2 aromatic rings. The van der Waals surface area contributed by atoms with E-state index in [9.17, 15) is 9.50 Å². The minimum Gasteiger partial charge on any atom is -0.386 e. The quantitative estimate of drug-likeness (QED) is 0.339. The van der Waals surface area contributed by atoms with Crippen LogP contribution in [0.2, 0.25) is 0 Å². The third-order valence-electron chi connectivity index (χ3n) is 3.43. The first-order chi connectivity index (χ1) is 11.7. The van der Waals surface area contributed by atoms with E-state index in [1.54, 1.807) is 24.4 Å². The Kier molecular flexibility index (Phi) is 10.0. The SMILES string of the molecule is CCNC(=NCC(O)c1ccccc1F)NCCc1ccccn1.I. The number of hydrogen-bond acceptors (Lipinski definition) is 3. The smallest absolute Gasteiger partial charge is 0.191 e. The second kappa shape index (κ2) is 11.8. The van der Waals surface area contributed by atoms with Gasteiger partial charge in [0.25, 0.3) is 0 Å². The average molecular weight is 458 g/mol. The number of nitrogens with zero attached hydrogens (tertiary/aromatic N) is 2. The number of aliphatic hydroxyl groups excluding tert-OH is 1. The number of aliphatic imine (C=N–C) groups is 1. The third-order valence-corrected chi connectivity index (χ3v) is 3.43. The number of halogens is 2. The summed E-state index contributed by atoms with van der Waals surface area (Å²) in [5, 5.41) is 16.4. The van der Waals surface area contributed by atoms with E-state index in [2.05, 4.69) is 20.6 Å². The molecule has 3 N–H and O–H groups in total. The number of pyridine rings is 1. The van der Waals surface area contributed by atoms with Gasteiger partial charge in [-0.15, -0.1) is 24.0 Å². The molecular weight excluding hydrogens is 434 g/mol. The highest BCUT2D eigenvalue weighted by Crippen LogP contribution is 2.16. The molecule has 0 amide bonds. The molecule has 1 aromatic carbocycles. The molecule has 1 unspecified atom stereocenters. The molecule has 0 aliphatic rings. The van der Waals surface area contributed by atoms with Crippen molar-refractivity contribution in [2.45, 2.75) is 19.4 Å². The van der Waals surface area contributed by atoms with Gasteiger partial charge in [0.2, 0.25) is 0 Å². The van der Waals surface area contributed by atoms with Gasteiger partial charge in [0.05, 0.1) is 6.54 Å². The molecule has 0 radical (unpaired) electrons. The highest BCUT2D eigenvalue weighted by atomic mass is 127. The summed E-state index contributed by atoms with van der Waals surface area (Å²) in [6, 6.07) is 12.0. The Morgan fingerprint density at radius 1 is 1.20 bits per heavy atom. The molecule has 0 aliphatic carbocycles. The molecule has 0 spiro atoms. The number of nitrogens with one attached hydrogen (secondary N) is 2. The van der Waals surface area contributed by atoms with E-state index in [4.69, 9.17) is 0 Å². The largest absolute Gasteiger partial charge is 0.386 e. The zero-order valence-corrected chi connectivity index (χ0v) is 16.5. The number of rotatable bonds is 7. The summed E-state index contributed by atoms with van der Waals surface area (Å²) in [6.07, 6.45) is 1.55. The Bertz CT molecular complexity index is 655. The van der Waals surface area contributed by atoms with Crippen LogP contribution in [-0.4, -0.2) is 35.7 Å². The Balaban J connectivity index is 0.00000312. The maximum absolute atomic E-state index is 13.7. The second-order valence-electron chi connectivity index (χ2n) is 5.25. The van der Waals surface area contributed by atoms with E-state index in [1.165, 1.54) is 6.07 Å². The average Bonchev–Trinajstić information content (AvgIpc) is 2.60. The minimum atomic E-state index is -0.975. The summed E-state index contributed by atoms with van der Waals surface area (Å²) >= 11 is 0. The van der Waals surface area contributed by atoms with Gasteiger partial charge in [-0.1, -0.05) is 24.3 Å². The van der Waals surface area contributed by atoms with Gasteiger partial charge in [0, 0.05) is 37.0 Å². The van der Waals surface area contributed by atoms with Crippen molar-refractivity contribution >= 4 is 29.9 Å². The minimum absolute atomic E-state index is 0. The van der Waals surface area contributed by atoms with Crippen molar-refractivity contribution in [2.75, 3.05) is 19.6 Å². The van der Waals surface area contributed by atoms with Crippen molar-refractivity contribution < 1.29 is 9.50 Å². The summed E-state index contributed by atoms with van der Waals surface area (Å²) in [7, 11) is 0. The van der Waals surface area contributed by atoms with Gasteiger partial charge >= 0.3 is 0 Å². The van der Waals surface area contributed by atoms with Crippen molar-refractivity contribution in [3.05, 3.63) is 65.7 Å². The van der Waals surface area contributed by atoms with Crippen LogP contribution >= 0.6 is 24.0 Å². The van der Waals surface area contributed by atoms with Crippen molar-refractivity contribution in [1.29, 1.82) is 0 Å². The number of aromatic nitrogens is 1. The van der Waals surface area contributed by atoms with Gasteiger partial charge in [-0.25, -0.2) is 4.39 Å². The Hall–Kier alpha value is -1.74. The second-order valence-corrected chi connectivity index (χ2v) is 5.25. The van der Waals surface area contributed by atoms with Crippen LogP contribution in [0.4, 0.5) is 4.39 Å². The third kappa shape index (κ3) is 7.35. The number of aliphatic hydroxyl groups is 1. The van der Waals surface area contributed by atoms with Crippen LogP contribution in [-0.2, 0) is 6.42 Å². The van der Waals surface area contributed by atoms with E-state index in [0.29, 0.717) is 19.0 Å². The topological polar surface area (TPSA) is 69.5 Å². The van der Waals surface area contributed by atoms with Crippen LogP contribution in [0.15, 0.2) is 53.7 Å². The molecule has 1 aromatic heterocycles. The first kappa shape index (κ1) is 21.3. The van der Waals surface area contributed by atoms with E-state index in [-0.39, 0.29) is 36.1 Å². The van der Waals surface area contributed by atoms with E-state index < -0.39 is 11.9 Å². The molecule has 0 saturated heterocycles. The lowest BCUT2D eigenvalue weighted by Crippen LogP contribution is -2.38. The van der Waals surface area contributed by atoms with Gasteiger partial charge in [0.1, 0.15) is 11.9 Å². The molecule has 136 valence electrons. The van der Waals surface area contributed by atoms with Crippen LogP contribution in [0.25, 0.3) is 0 Å². The van der Waals surface area contributed by atoms with Crippen molar-refractivity contribution in [3.63, 3.8) is 0 Å². The molecule has 1 heterocycles. The summed E-state index contributed by atoms with van der Waals surface area (Å²) in [5.74, 6) is 0.164. The van der Waals surface area contributed by atoms with Gasteiger partial charge < -0.3 is 15.7 Å². The maximum Gasteiger partial charge on any atom is 0.191 e. The van der Waals surface area contributed by atoms with Gasteiger partial charge in [-0.3, -0.25) is 9.98 Å². The van der Waals surface area contributed by atoms with Crippen molar-refractivity contribution in [3.8, 4) is 0 Å². The van der Waals surface area contributed by atoms with E-state index >= 15 is 0 Å². The van der Waals surface area contributed by atoms with Crippen molar-refractivity contribution in [1.82, 2.24) is 15.6 Å². The van der Waals surface area contributed by atoms with Crippen molar-refractivity contribution in [2.24, 2.45) is 4.99 Å². The van der Waals surface area contributed by atoms with Gasteiger partial charge in [0.15, 0.2) is 5.96 Å². The molecule has 2 rings (SSSR count). The fourth-order valence-corrected chi connectivity index (χ4v) is 2.22. The Labute approximate surface area is 164 Å². The predicted molar refractivity (Wildman–Crippen MR) is 109 cm³/mol. The summed E-state index contributed by atoms with van der Waals surface area (Å²) < 4.78 is 13.7.